The first-order valence-electron chi connectivity index (χ1n) is 3.79. The van der Waals surface area contributed by atoms with Crippen molar-refractivity contribution in [3.05, 3.63) is 11.6 Å². The number of nitrogens with zero attached hydrogens (tertiary/aromatic N) is 4. The van der Waals surface area contributed by atoms with Crippen molar-refractivity contribution in [3.8, 4) is 0 Å². The van der Waals surface area contributed by atoms with Crippen molar-refractivity contribution in [2.24, 2.45) is 4.36 Å². The van der Waals surface area contributed by atoms with Crippen molar-refractivity contribution in [3.63, 3.8) is 0 Å². The van der Waals surface area contributed by atoms with E-state index in [-0.39, 0.29) is 5.95 Å². The van der Waals surface area contributed by atoms with Gasteiger partial charge in [0.1, 0.15) is 11.6 Å². The molecule has 1 N–H and O–H groups in total. The maximum Gasteiger partial charge on any atom is 0.362 e. The SMILES string of the molecule is Cc1nc(C)nc(NC(=O)N=S(=O)=O)n1. The second-order valence-corrected chi connectivity index (χ2v) is 3.11. The van der Waals surface area contributed by atoms with Crippen LogP contribution in [0.4, 0.5) is 10.7 Å². The summed E-state index contributed by atoms with van der Waals surface area (Å²) in [6, 6.07) is -1.05. The Hall–Kier alpha value is -1.90. The maximum absolute atomic E-state index is 10.9. The molecule has 0 aliphatic heterocycles. The molecular weight excluding hydrogens is 222 g/mol. The monoisotopic (exact) mass is 229 g/mol. The van der Waals surface area contributed by atoms with Gasteiger partial charge in [-0.25, -0.2) is 9.78 Å². The van der Waals surface area contributed by atoms with Crippen LogP contribution in [0, 0.1) is 13.8 Å². The van der Waals surface area contributed by atoms with Crippen molar-refractivity contribution >= 4 is 22.5 Å². The molecule has 1 aromatic rings. The van der Waals surface area contributed by atoms with Crippen molar-refractivity contribution in [2.75, 3.05) is 5.32 Å². The summed E-state index contributed by atoms with van der Waals surface area (Å²) in [5, 5.41) is 2.09. The van der Waals surface area contributed by atoms with Gasteiger partial charge >= 0.3 is 16.5 Å². The summed E-state index contributed by atoms with van der Waals surface area (Å²) in [6.07, 6.45) is 0. The second kappa shape index (κ2) is 4.55. The standard InChI is InChI=1S/C6H7N5O3S/c1-3-7-4(2)9-5(8-3)10-6(12)11-15(13)14/h1-2H3,(H,7,8,9,10,12). The van der Waals surface area contributed by atoms with Crippen molar-refractivity contribution in [1.82, 2.24) is 15.0 Å². The Labute approximate surface area is 86.5 Å². The number of carbonyl (C=O) groups is 1. The first-order valence-corrected chi connectivity index (χ1v) is 4.82. The molecule has 0 aliphatic rings. The lowest BCUT2D eigenvalue weighted by Crippen LogP contribution is -2.11. The summed E-state index contributed by atoms with van der Waals surface area (Å²) in [6.45, 7) is 3.24. The lowest BCUT2D eigenvalue weighted by molar-refractivity contribution is 0.259. The minimum atomic E-state index is -2.79. The molecule has 9 heteroatoms. The third kappa shape index (κ3) is 3.77. The van der Waals surface area contributed by atoms with E-state index in [1.807, 2.05) is 0 Å². The predicted octanol–water partition coefficient (Wildman–Crippen LogP) is 0.0830. The minimum Gasteiger partial charge on any atom is -0.273 e. The molecule has 80 valence electrons. The molecule has 2 amide bonds. The number of anilines is 1. The average molecular weight is 229 g/mol. The molecule has 0 aromatic carbocycles. The lowest BCUT2D eigenvalue weighted by Gasteiger charge is -2.00. The van der Waals surface area contributed by atoms with Gasteiger partial charge in [0.05, 0.1) is 0 Å². The summed E-state index contributed by atoms with van der Waals surface area (Å²) in [5.74, 6) is 0.807. The van der Waals surface area contributed by atoms with Crippen LogP contribution < -0.4 is 5.32 Å². The molecule has 0 aliphatic carbocycles. The Morgan fingerprint density at radius 1 is 1.20 bits per heavy atom. The topological polar surface area (TPSA) is 114 Å². The summed E-state index contributed by atoms with van der Waals surface area (Å²) in [7, 11) is -2.79. The number of aryl methyl sites for hydroxylation is 2. The number of amides is 2. The largest absolute Gasteiger partial charge is 0.362 e. The summed E-state index contributed by atoms with van der Waals surface area (Å²) in [5.41, 5.74) is 0. The van der Waals surface area contributed by atoms with E-state index in [0.29, 0.717) is 11.6 Å². The third-order valence-electron chi connectivity index (χ3n) is 1.24. The van der Waals surface area contributed by atoms with Gasteiger partial charge in [0, 0.05) is 0 Å². The van der Waals surface area contributed by atoms with Crippen LogP contribution in [0.3, 0.4) is 0 Å². The van der Waals surface area contributed by atoms with E-state index in [0.717, 1.165) is 0 Å². The molecule has 15 heavy (non-hydrogen) atoms. The van der Waals surface area contributed by atoms with E-state index < -0.39 is 16.5 Å². The highest BCUT2D eigenvalue weighted by Gasteiger charge is 2.04. The van der Waals surface area contributed by atoms with E-state index in [9.17, 15) is 13.2 Å². The van der Waals surface area contributed by atoms with Crippen LogP contribution in [-0.4, -0.2) is 29.4 Å². The highest BCUT2D eigenvalue weighted by atomic mass is 32.2. The van der Waals surface area contributed by atoms with Crippen molar-refractivity contribution in [1.29, 1.82) is 0 Å². The van der Waals surface area contributed by atoms with Crippen LogP contribution in [0.5, 0.6) is 0 Å². The lowest BCUT2D eigenvalue weighted by atomic mass is 10.6. The zero-order valence-corrected chi connectivity index (χ0v) is 8.74. The molecule has 0 fully saturated rings. The molecule has 0 radical (unpaired) electrons. The van der Waals surface area contributed by atoms with E-state index in [1.54, 1.807) is 13.8 Å². The molecule has 0 unspecified atom stereocenters. The predicted molar refractivity (Wildman–Crippen MR) is 49.7 cm³/mol. The second-order valence-electron chi connectivity index (χ2n) is 2.49. The number of nitrogens with one attached hydrogen (secondary N) is 1. The fourth-order valence-electron chi connectivity index (χ4n) is 0.858. The fraction of sp³-hybridized carbons (Fsp3) is 0.333. The Morgan fingerprint density at radius 2 is 1.73 bits per heavy atom. The molecule has 0 spiro atoms. The Kier molecular flexibility index (Phi) is 3.39. The van der Waals surface area contributed by atoms with Gasteiger partial charge in [0.25, 0.3) is 0 Å². The van der Waals surface area contributed by atoms with E-state index in [1.165, 1.54) is 0 Å². The average Bonchev–Trinajstić information content (AvgIpc) is 1.98. The zero-order valence-electron chi connectivity index (χ0n) is 7.92. The molecule has 0 saturated heterocycles. The van der Waals surface area contributed by atoms with E-state index >= 15 is 0 Å². The normalized spacial score (nSPS) is 9.47. The third-order valence-corrected chi connectivity index (χ3v) is 1.55. The van der Waals surface area contributed by atoms with Crippen molar-refractivity contribution < 1.29 is 13.2 Å². The maximum atomic E-state index is 10.9. The Balaban J connectivity index is 2.90. The molecule has 1 aromatic heterocycles. The Morgan fingerprint density at radius 3 is 2.20 bits per heavy atom. The summed E-state index contributed by atoms with van der Waals surface area (Å²) >= 11 is 0. The number of hydrogen-bond donors (Lipinski definition) is 1. The van der Waals surface area contributed by atoms with Crippen LogP contribution in [0.15, 0.2) is 4.36 Å². The molecule has 1 heterocycles. The van der Waals surface area contributed by atoms with Crippen LogP contribution >= 0.6 is 0 Å². The highest BCUT2D eigenvalue weighted by Crippen LogP contribution is 1.99. The van der Waals surface area contributed by atoms with Gasteiger partial charge in [-0.1, -0.05) is 4.36 Å². The first kappa shape index (κ1) is 11.2. The number of carbonyl (C=O) groups excluding carboxylic acids is 1. The number of urea groups is 1. The molecule has 1 rings (SSSR count). The number of rotatable bonds is 1. The Bertz CT molecular complexity index is 495. The van der Waals surface area contributed by atoms with Crippen LogP contribution in [0.1, 0.15) is 11.6 Å². The van der Waals surface area contributed by atoms with Gasteiger partial charge in [-0.15, -0.1) is 0 Å². The van der Waals surface area contributed by atoms with Gasteiger partial charge in [-0.2, -0.15) is 18.4 Å². The van der Waals surface area contributed by atoms with Gasteiger partial charge in [0.15, 0.2) is 0 Å². The fourth-order valence-corrected chi connectivity index (χ4v) is 1.04. The first-order chi connectivity index (χ1) is 6.97. The zero-order chi connectivity index (χ0) is 11.4. The highest BCUT2D eigenvalue weighted by molar-refractivity contribution is 7.62. The van der Waals surface area contributed by atoms with E-state index in [2.05, 4.69) is 24.6 Å². The molecule has 8 nitrogen and oxygen atoms in total. The smallest absolute Gasteiger partial charge is 0.273 e. The number of aromatic nitrogens is 3. The molecular formula is C6H7N5O3S. The minimum absolute atomic E-state index is 0.0285. The van der Waals surface area contributed by atoms with Crippen LogP contribution in [0.25, 0.3) is 0 Å². The molecule has 0 saturated carbocycles. The van der Waals surface area contributed by atoms with Crippen molar-refractivity contribution in [2.45, 2.75) is 13.8 Å². The summed E-state index contributed by atoms with van der Waals surface area (Å²) < 4.78 is 22.8. The van der Waals surface area contributed by atoms with E-state index in [4.69, 9.17) is 0 Å². The molecule has 0 atom stereocenters. The van der Waals surface area contributed by atoms with Crippen LogP contribution in [0.2, 0.25) is 0 Å². The van der Waals surface area contributed by atoms with Crippen LogP contribution in [-0.2, 0) is 10.5 Å². The quantitative estimate of drug-likeness (QED) is 0.729. The van der Waals surface area contributed by atoms with Gasteiger partial charge in [-0.3, -0.25) is 5.32 Å². The van der Waals surface area contributed by atoms with Gasteiger partial charge in [-0.05, 0) is 13.8 Å². The van der Waals surface area contributed by atoms with Gasteiger partial charge in [0.2, 0.25) is 5.95 Å². The summed E-state index contributed by atoms with van der Waals surface area (Å²) in [4.78, 5) is 22.3. The molecule has 0 bridgehead atoms. The number of hydrogen-bond acceptors (Lipinski definition) is 6. The van der Waals surface area contributed by atoms with Gasteiger partial charge < -0.3 is 0 Å².